The van der Waals surface area contributed by atoms with Gasteiger partial charge in [0.15, 0.2) is 0 Å². The van der Waals surface area contributed by atoms with Crippen LogP contribution in [0.4, 0.5) is 5.82 Å². The molecule has 2 rings (SSSR count). The molecule has 0 bridgehead atoms. The Morgan fingerprint density at radius 3 is 2.84 bits per heavy atom. The predicted molar refractivity (Wildman–Crippen MR) is 75.8 cm³/mol. The molecule has 1 aromatic heterocycles. The first-order valence-electron chi connectivity index (χ1n) is 6.06. The molecule has 0 amide bonds. The van der Waals surface area contributed by atoms with Gasteiger partial charge in [-0.2, -0.15) is 0 Å². The van der Waals surface area contributed by atoms with Crippen molar-refractivity contribution in [1.29, 1.82) is 0 Å². The number of nitrogen functional groups attached to an aromatic ring is 1. The van der Waals surface area contributed by atoms with E-state index < -0.39 is 0 Å². The number of ether oxygens (including phenoxy) is 1. The molecule has 0 aliphatic heterocycles. The van der Waals surface area contributed by atoms with Crippen LogP contribution in [0.5, 0.6) is 5.75 Å². The Morgan fingerprint density at radius 2 is 2.21 bits per heavy atom. The second-order valence-corrected chi connectivity index (χ2v) is 4.66. The molecule has 0 radical (unpaired) electrons. The molecule has 5 nitrogen and oxygen atoms in total. The molecule has 0 saturated carbocycles. The summed E-state index contributed by atoms with van der Waals surface area (Å²) >= 11 is 6.05. The van der Waals surface area contributed by atoms with Gasteiger partial charge in [0.1, 0.15) is 11.6 Å². The molecule has 102 valence electrons. The number of aromatic nitrogens is 2. The Hall–Kier alpha value is -1.88. The zero-order chi connectivity index (χ0) is 13.8. The number of hydrogen-bond acceptors (Lipinski definition) is 3. The second-order valence-electron chi connectivity index (χ2n) is 4.25. The van der Waals surface area contributed by atoms with Crippen LogP contribution in [0.2, 0.25) is 5.02 Å². The van der Waals surface area contributed by atoms with Crippen LogP contribution in [-0.2, 0) is 6.54 Å². The number of nitrogens with zero attached hydrogens (tertiary/aromatic N) is 1. The lowest BCUT2D eigenvalue weighted by Crippen LogP contribution is -2.16. The average molecular weight is 282 g/mol. The van der Waals surface area contributed by atoms with E-state index in [1.165, 1.54) is 10.7 Å². The van der Waals surface area contributed by atoms with Crippen LogP contribution in [0.25, 0.3) is 0 Å². The summed E-state index contributed by atoms with van der Waals surface area (Å²) in [6.45, 7) is 3.03. The summed E-state index contributed by atoms with van der Waals surface area (Å²) < 4.78 is 6.98. The number of benzene rings is 1. The molecule has 0 aliphatic rings. The van der Waals surface area contributed by atoms with Gasteiger partial charge in [-0.05, 0) is 24.1 Å². The van der Waals surface area contributed by atoms with Crippen molar-refractivity contribution in [3.63, 3.8) is 0 Å². The third-order valence-electron chi connectivity index (χ3n) is 2.61. The van der Waals surface area contributed by atoms with Crippen molar-refractivity contribution in [2.45, 2.75) is 19.9 Å². The highest BCUT2D eigenvalue weighted by molar-refractivity contribution is 6.32. The van der Waals surface area contributed by atoms with E-state index in [1.807, 2.05) is 19.1 Å². The van der Waals surface area contributed by atoms with Gasteiger partial charge in [-0.15, -0.1) is 0 Å². The van der Waals surface area contributed by atoms with E-state index in [4.69, 9.17) is 22.1 Å². The normalized spacial score (nSPS) is 10.6. The highest BCUT2D eigenvalue weighted by atomic mass is 35.5. The van der Waals surface area contributed by atoms with Crippen LogP contribution in [0, 0.1) is 0 Å². The first-order valence-corrected chi connectivity index (χ1v) is 6.44. The summed E-state index contributed by atoms with van der Waals surface area (Å²) in [6.07, 6.45) is 0.910. The maximum Gasteiger partial charge on any atom is 0.268 e. The topological polar surface area (TPSA) is 73.0 Å². The maximum atomic E-state index is 11.6. The Balaban J connectivity index is 2.21. The van der Waals surface area contributed by atoms with Crippen molar-refractivity contribution in [1.82, 2.24) is 9.78 Å². The maximum absolute atomic E-state index is 11.6. The molecule has 0 atom stereocenters. The van der Waals surface area contributed by atoms with Gasteiger partial charge in [-0.1, -0.05) is 24.6 Å². The minimum Gasteiger partial charge on any atom is -0.492 e. The molecule has 0 saturated heterocycles. The first-order chi connectivity index (χ1) is 9.10. The third-order valence-corrected chi connectivity index (χ3v) is 2.92. The number of aromatic amines is 1. The van der Waals surface area contributed by atoms with Crippen LogP contribution >= 0.6 is 11.6 Å². The molecule has 1 aromatic carbocycles. The minimum absolute atomic E-state index is 0.163. The molecule has 0 spiro atoms. The fourth-order valence-corrected chi connectivity index (χ4v) is 1.90. The fourth-order valence-electron chi connectivity index (χ4n) is 1.72. The molecular formula is C13H16ClN3O2. The van der Waals surface area contributed by atoms with E-state index in [9.17, 15) is 4.79 Å². The molecule has 19 heavy (non-hydrogen) atoms. The lowest BCUT2D eigenvalue weighted by Gasteiger charge is -2.09. The third kappa shape index (κ3) is 3.32. The van der Waals surface area contributed by atoms with Gasteiger partial charge in [-0.25, -0.2) is 4.68 Å². The minimum atomic E-state index is -0.163. The summed E-state index contributed by atoms with van der Waals surface area (Å²) in [7, 11) is 0. The van der Waals surface area contributed by atoms with E-state index in [2.05, 4.69) is 5.10 Å². The van der Waals surface area contributed by atoms with Crippen molar-refractivity contribution in [2.75, 3.05) is 12.3 Å². The SMILES string of the molecule is CCCOc1cc(Cn2[nH]c(N)cc2=O)ccc1Cl. The lowest BCUT2D eigenvalue weighted by atomic mass is 10.2. The van der Waals surface area contributed by atoms with Crippen LogP contribution in [-0.4, -0.2) is 16.4 Å². The summed E-state index contributed by atoms with van der Waals surface area (Å²) in [6, 6.07) is 6.80. The molecule has 0 fully saturated rings. The Kier molecular flexibility index (Phi) is 4.16. The monoisotopic (exact) mass is 281 g/mol. The Bertz CT molecular complexity index is 619. The van der Waals surface area contributed by atoms with Crippen LogP contribution in [0.1, 0.15) is 18.9 Å². The number of rotatable bonds is 5. The molecular weight excluding hydrogens is 266 g/mol. The Labute approximate surface area is 115 Å². The summed E-state index contributed by atoms with van der Waals surface area (Å²) in [5.41, 5.74) is 6.28. The molecule has 2 aromatic rings. The number of nitrogens with two attached hydrogens (primary N) is 1. The fraction of sp³-hybridized carbons (Fsp3) is 0.308. The van der Waals surface area contributed by atoms with Gasteiger partial charge in [0.25, 0.3) is 5.56 Å². The zero-order valence-corrected chi connectivity index (χ0v) is 11.4. The van der Waals surface area contributed by atoms with Crippen LogP contribution < -0.4 is 16.0 Å². The van der Waals surface area contributed by atoms with E-state index in [1.54, 1.807) is 6.07 Å². The van der Waals surface area contributed by atoms with Gasteiger partial charge in [0.05, 0.1) is 18.2 Å². The van der Waals surface area contributed by atoms with Gasteiger partial charge in [0, 0.05) is 6.07 Å². The van der Waals surface area contributed by atoms with E-state index >= 15 is 0 Å². The summed E-state index contributed by atoms with van der Waals surface area (Å²) in [4.78, 5) is 11.6. The van der Waals surface area contributed by atoms with Crippen molar-refractivity contribution in [3.8, 4) is 5.75 Å². The van der Waals surface area contributed by atoms with Gasteiger partial charge < -0.3 is 10.5 Å². The predicted octanol–water partition coefficient (Wildman–Crippen LogP) is 2.25. The number of H-pyrrole nitrogens is 1. The number of anilines is 1. The summed E-state index contributed by atoms with van der Waals surface area (Å²) in [5.74, 6) is 0.981. The van der Waals surface area contributed by atoms with E-state index in [0.29, 0.717) is 29.7 Å². The molecule has 3 N–H and O–H groups in total. The number of nitrogens with one attached hydrogen (secondary N) is 1. The van der Waals surface area contributed by atoms with Crippen molar-refractivity contribution in [3.05, 3.63) is 45.2 Å². The van der Waals surface area contributed by atoms with Gasteiger partial charge in [-0.3, -0.25) is 9.89 Å². The number of hydrogen-bond donors (Lipinski definition) is 2. The highest BCUT2D eigenvalue weighted by Gasteiger charge is 2.06. The molecule has 6 heteroatoms. The first kappa shape index (κ1) is 13.5. The van der Waals surface area contributed by atoms with Crippen molar-refractivity contribution >= 4 is 17.4 Å². The zero-order valence-electron chi connectivity index (χ0n) is 10.6. The lowest BCUT2D eigenvalue weighted by molar-refractivity contribution is 0.317. The molecule has 1 heterocycles. The van der Waals surface area contributed by atoms with Crippen LogP contribution in [0.15, 0.2) is 29.1 Å². The largest absolute Gasteiger partial charge is 0.492 e. The van der Waals surface area contributed by atoms with Gasteiger partial charge in [0.2, 0.25) is 0 Å². The summed E-state index contributed by atoms with van der Waals surface area (Å²) in [5, 5.41) is 3.34. The molecule has 0 unspecified atom stereocenters. The number of halogens is 1. The van der Waals surface area contributed by atoms with E-state index in [-0.39, 0.29) is 5.56 Å². The standard InChI is InChI=1S/C13H16ClN3O2/c1-2-5-19-11-6-9(3-4-10(11)14)8-17-13(18)7-12(15)16-17/h3-4,6-7,16H,2,5,8,15H2,1H3. The second kappa shape index (κ2) is 5.84. The average Bonchev–Trinajstić information content (AvgIpc) is 2.68. The molecule has 0 aliphatic carbocycles. The van der Waals surface area contributed by atoms with E-state index in [0.717, 1.165) is 12.0 Å². The quantitative estimate of drug-likeness (QED) is 0.883. The van der Waals surface area contributed by atoms with Gasteiger partial charge >= 0.3 is 0 Å². The van der Waals surface area contributed by atoms with Crippen molar-refractivity contribution < 1.29 is 4.74 Å². The smallest absolute Gasteiger partial charge is 0.268 e. The highest BCUT2D eigenvalue weighted by Crippen LogP contribution is 2.25. The van der Waals surface area contributed by atoms with Crippen LogP contribution in [0.3, 0.4) is 0 Å². The van der Waals surface area contributed by atoms with Crippen molar-refractivity contribution in [2.24, 2.45) is 0 Å². The Morgan fingerprint density at radius 1 is 1.42 bits per heavy atom.